The van der Waals surface area contributed by atoms with E-state index in [-0.39, 0.29) is 23.7 Å². The minimum Gasteiger partial charge on any atom is -0.497 e. The first kappa shape index (κ1) is 23.3. The fraction of sp³-hybridized carbons (Fsp3) is 0.417. The Morgan fingerprint density at radius 3 is 2.13 bits per heavy atom. The Morgan fingerprint density at radius 1 is 0.967 bits per heavy atom. The molecule has 0 aliphatic heterocycles. The molecule has 0 atom stereocenters. The van der Waals surface area contributed by atoms with E-state index in [2.05, 4.69) is 26.1 Å². The van der Waals surface area contributed by atoms with Crippen molar-refractivity contribution in [1.29, 1.82) is 0 Å². The van der Waals surface area contributed by atoms with Gasteiger partial charge in [-0.1, -0.05) is 32.9 Å². The number of amides is 2. The van der Waals surface area contributed by atoms with Crippen LogP contribution in [0.15, 0.2) is 48.5 Å². The number of nitrogens with zero attached hydrogens (tertiary/aromatic N) is 1. The van der Waals surface area contributed by atoms with Crippen molar-refractivity contribution >= 4 is 11.8 Å². The van der Waals surface area contributed by atoms with Gasteiger partial charge in [-0.25, -0.2) is 0 Å². The lowest BCUT2D eigenvalue weighted by Gasteiger charge is -2.19. The summed E-state index contributed by atoms with van der Waals surface area (Å²) in [5, 5.41) is 2.81. The van der Waals surface area contributed by atoms with E-state index in [1.165, 1.54) is 5.56 Å². The molecule has 30 heavy (non-hydrogen) atoms. The highest BCUT2D eigenvalue weighted by atomic mass is 16.5. The Kier molecular flexibility index (Phi) is 8.27. The molecule has 0 radical (unpaired) electrons. The number of carbonyl (C=O) groups excluding carboxylic acids is 2. The minimum atomic E-state index is -0.172. The van der Waals surface area contributed by atoms with Gasteiger partial charge in [0.15, 0.2) is 0 Å². The second-order valence-electron chi connectivity index (χ2n) is 8.17. The average Bonchev–Trinajstić information content (AvgIpc) is 2.73. The maximum atomic E-state index is 12.3. The van der Waals surface area contributed by atoms with Gasteiger partial charge in [0.1, 0.15) is 18.1 Å². The third kappa shape index (κ3) is 7.10. The average molecular weight is 413 g/mol. The Balaban J connectivity index is 1.69. The van der Waals surface area contributed by atoms with Crippen molar-refractivity contribution in [1.82, 2.24) is 10.2 Å². The monoisotopic (exact) mass is 412 g/mol. The van der Waals surface area contributed by atoms with Gasteiger partial charge in [0.05, 0.1) is 13.7 Å². The summed E-state index contributed by atoms with van der Waals surface area (Å²) in [7, 11) is 3.34. The third-order valence-electron chi connectivity index (χ3n) is 4.82. The van der Waals surface area contributed by atoms with Crippen molar-refractivity contribution in [3.63, 3.8) is 0 Å². The lowest BCUT2D eigenvalue weighted by atomic mass is 9.87. The highest BCUT2D eigenvalue weighted by Gasteiger charge is 2.15. The zero-order valence-corrected chi connectivity index (χ0v) is 18.5. The number of carbonyl (C=O) groups is 2. The second-order valence-corrected chi connectivity index (χ2v) is 8.17. The fourth-order valence-corrected chi connectivity index (χ4v) is 2.79. The van der Waals surface area contributed by atoms with E-state index in [0.29, 0.717) is 25.3 Å². The first-order valence-electron chi connectivity index (χ1n) is 10.1. The molecule has 0 spiro atoms. The van der Waals surface area contributed by atoms with Crippen LogP contribution in [0.4, 0.5) is 0 Å². The van der Waals surface area contributed by atoms with Gasteiger partial charge in [0, 0.05) is 25.6 Å². The first-order valence-corrected chi connectivity index (χ1v) is 10.1. The molecule has 0 unspecified atom stereocenters. The van der Waals surface area contributed by atoms with Crippen molar-refractivity contribution in [3.05, 3.63) is 59.7 Å². The normalized spacial score (nSPS) is 11.0. The molecule has 0 bridgehead atoms. The van der Waals surface area contributed by atoms with Gasteiger partial charge in [-0.3, -0.25) is 9.59 Å². The molecule has 162 valence electrons. The van der Waals surface area contributed by atoms with Gasteiger partial charge in [-0.2, -0.15) is 0 Å². The molecule has 0 aromatic heterocycles. The number of methoxy groups -OCH3 is 1. The van der Waals surface area contributed by atoms with Crippen molar-refractivity contribution in [3.8, 4) is 11.5 Å². The quantitative estimate of drug-likeness (QED) is 0.683. The molecule has 2 rings (SSSR count). The number of nitrogens with one attached hydrogen (secondary N) is 1. The van der Waals surface area contributed by atoms with Crippen LogP contribution in [0, 0.1) is 0 Å². The molecular weight excluding hydrogens is 380 g/mol. The minimum absolute atomic E-state index is 0.0447. The Bertz CT molecular complexity index is 824. The zero-order chi connectivity index (χ0) is 22.1. The van der Waals surface area contributed by atoms with E-state index in [9.17, 15) is 9.59 Å². The first-order chi connectivity index (χ1) is 14.2. The lowest BCUT2D eigenvalue weighted by Crippen LogP contribution is -2.34. The predicted octanol–water partition coefficient (Wildman–Crippen LogP) is 3.65. The van der Waals surface area contributed by atoms with Crippen LogP contribution in [-0.4, -0.2) is 50.6 Å². The molecule has 0 saturated carbocycles. The van der Waals surface area contributed by atoms with Gasteiger partial charge in [0.2, 0.25) is 5.91 Å². The third-order valence-corrected chi connectivity index (χ3v) is 4.82. The summed E-state index contributed by atoms with van der Waals surface area (Å²) in [5.74, 6) is 1.27. The van der Waals surface area contributed by atoms with E-state index in [1.807, 2.05) is 48.5 Å². The molecular formula is C24H32N2O4. The largest absolute Gasteiger partial charge is 0.497 e. The van der Waals surface area contributed by atoms with Crippen LogP contribution < -0.4 is 14.8 Å². The van der Waals surface area contributed by atoms with E-state index in [0.717, 1.165) is 11.5 Å². The number of likely N-dealkylation sites (N-methyl/N-ethyl adjacent to an activating group) is 1. The summed E-state index contributed by atoms with van der Waals surface area (Å²) < 4.78 is 10.7. The molecule has 6 heteroatoms. The van der Waals surface area contributed by atoms with Crippen molar-refractivity contribution in [2.75, 3.05) is 33.9 Å². The van der Waals surface area contributed by atoms with Crippen LogP contribution in [0.1, 0.15) is 43.1 Å². The van der Waals surface area contributed by atoms with E-state index in [4.69, 9.17) is 9.47 Å². The van der Waals surface area contributed by atoms with Gasteiger partial charge in [-0.15, -0.1) is 0 Å². The maximum absolute atomic E-state index is 12.3. The highest BCUT2D eigenvalue weighted by molar-refractivity contribution is 5.94. The lowest BCUT2D eigenvalue weighted by molar-refractivity contribution is -0.130. The van der Waals surface area contributed by atoms with Gasteiger partial charge < -0.3 is 19.7 Å². The van der Waals surface area contributed by atoms with Gasteiger partial charge >= 0.3 is 0 Å². The summed E-state index contributed by atoms with van der Waals surface area (Å²) >= 11 is 0. The highest BCUT2D eigenvalue weighted by Crippen LogP contribution is 2.22. The molecule has 0 fully saturated rings. The van der Waals surface area contributed by atoms with Crippen molar-refractivity contribution < 1.29 is 19.1 Å². The topological polar surface area (TPSA) is 67.9 Å². The molecule has 0 aliphatic rings. The number of benzene rings is 2. The van der Waals surface area contributed by atoms with Crippen LogP contribution in [0.5, 0.6) is 11.5 Å². The summed E-state index contributed by atoms with van der Waals surface area (Å²) in [6, 6.07) is 14.9. The van der Waals surface area contributed by atoms with Crippen molar-refractivity contribution in [2.45, 2.75) is 32.6 Å². The maximum Gasteiger partial charge on any atom is 0.251 e. The molecule has 0 heterocycles. The van der Waals surface area contributed by atoms with Crippen LogP contribution in [0.2, 0.25) is 0 Å². The van der Waals surface area contributed by atoms with Crippen molar-refractivity contribution in [2.24, 2.45) is 0 Å². The number of ether oxygens (including phenoxy) is 2. The number of hydrogen-bond acceptors (Lipinski definition) is 4. The summed E-state index contributed by atoms with van der Waals surface area (Å²) in [4.78, 5) is 26.1. The Morgan fingerprint density at radius 2 is 1.57 bits per heavy atom. The van der Waals surface area contributed by atoms with Gasteiger partial charge in [0.25, 0.3) is 5.91 Å². The molecule has 6 nitrogen and oxygen atoms in total. The van der Waals surface area contributed by atoms with E-state index < -0.39 is 0 Å². The molecule has 0 aliphatic carbocycles. The zero-order valence-electron chi connectivity index (χ0n) is 18.5. The molecule has 2 aromatic rings. The second kappa shape index (κ2) is 10.7. The predicted molar refractivity (Wildman–Crippen MR) is 118 cm³/mol. The molecule has 2 amide bonds. The molecule has 0 saturated heterocycles. The van der Waals surface area contributed by atoms with E-state index >= 15 is 0 Å². The summed E-state index contributed by atoms with van der Waals surface area (Å²) in [5.41, 5.74) is 1.81. The van der Waals surface area contributed by atoms with Crippen LogP contribution in [0.25, 0.3) is 0 Å². The van der Waals surface area contributed by atoms with Gasteiger partial charge in [-0.05, 0) is 47.4 Å². The van der Waals surface area contributed by atoms with Crippen LogP contribution >= 0.6 is 0 Å². The number of rotatable bonds is 9. The molecule has 1 N–H and O–H groups in total. The van der Waals surface area contributed by atoms with Crippen LogP contribution in [0.3, 0.4) is 0 Å². The molecule has 2 aromatic carbocycles. The number of hydrogen-bond donors (Lipinski definition) is 1. The van der Waals surface area contributed by atoms with Crippen LogP contribution in [-0.2, 0) is 10.2 Å². The summed E-state index contributed by atoms with van der Waals surface area (Å²) in [6.07, 6.45) is 0.241. The summed E-state index contributed by atoms with van der Waals surface area (Å²) in [6.45, 7) is 7.54. The standard InChI is InChI=1S/C24H32N2O4/c1-24(2,3)19-8-6-18(7-9-19)23(28)25-15-14-22(27)26(4)16-17-30-21-12-10-20(29-5)11-13-21/h6-13H,14-17H2,1-5H3,(H,25,28). The SMILES string of the molecule is COc1ccc(OCCN(C)C(=O)CCNC(=O)c2ccc(C(C)(C)C)cc2)cc1. The fourth-order valence-electron chi connectivity index (χ4n) is 2.79. The Labute approximate surface area is 179 Å². The Hall–Kier alpha value is -3.02. The smallest absolute Gasteiger partial charge is 0.251 e. The van der Waals surface area contributed by atoms with E-state index in [1.54, 1.807) is 19.1 Å².